The zero-order valence-corrected chi connectivity index (χ0v) is 40.8. The third kappa shape index (κ3) is 38.3. The van der Waals surface area contributed by atoms with Gasteiger partial charge in [0.2, 0.25) is 0 Å². The maximum absolute atomic E-state index is 13.1. The Morgan fingerprint density at radius 2 is 0.934 bits per heavy atom. The molecule has 2 amide bonds. The quantitative estimate of drug-likeness (QED) is 0.0271. The maximum Gasteiger partial charge on any atom is 0.409 e. The second-order valence-corrected chi connectivity index (χ2v) is 19.4. The second kappa shape index (κ2) is 43.4. The predicted molar refractivity (Wildman–Crippen MR) is 254 cm³/mol. The van der Waals surface area contributed by atoms with Gasteiger partial charge in [0.15, 0.2) is 0 Å². The van der Waals surface area contributed by atoms with Gasteiger partial charge in [0.25, 0.3) is 0 Å². The van der Waals surface area contributed by atoms with Gasteiger partial charge in [-0.1, -0.05) is 151 Å². The van der Waals surface area contributed by atoms with Gasteiger partial charge in [0, 0.05) is 76.7 Å². The number of alkyl carbamates (subject to hydrolysis) is 1. The predicted octanol–water partition coefficient (Wildman–Crippen LogP) is 11.0. The van der Waals surface area contributed by atoms with Gasteiger partial charge >= 0.3 is 24.1 Å². The number of rotatable bonds is 42. The van der Waals surface area contributed by atoms with E-state index in [1.807, 2.05) is 4.90 Å². The summed E-state index contributed by atoms with van der Waals surface area (Å²) < 4.78 is 21.8. The number of nitrogens with zero attached hydrogens (tertiary/aromatic N) is 3. The molecule has 0 aromatic carbocycles. The third-order valence-corrected chi connectivity index (χ3v) is 13.4. The largest absolute Gasteiger partial charge is 0.466 e. The Labute approximate surface area is 380 Å². The molecule has 0 aliphatic carbocycles. The Morgan fingerprint density at radius 3 is 1.43 bits per heavy atom. The first-order valence-corrected chi connectivity index (χ1v) is 27.1. The minimum atomic E-state index is -0.378. The van der Waals surface area contributed by atoms with E-state index in [1.54, 1.807) is 21.6 Å². The molecular weight excluding hydrogens is 813 g/mol. The molecule has 61 heavy (non-hydrogen) atoms. The highest BCUT2D eigenvalue weighted by Crippen LogP contribution is 2.20. The van der Waals surface area contributed by atoms with Crippen LogP contribution in [0.15, 0.2) is 0 Å². The minimum absolute atomic E-state index is 0.0847. The Bertz CT molecular complexity index is 1010. The Balaban J connectivity index is 2.24. The van der Waals surface area contributed by atoms with Crippen LogP contribution in [-0.2, 0) is 28.5 Å². The van der Waals surface area contributed by atoms with E-state index in [1.165, 1.54) is 64.2 Å². The average molecular weight is 903 g/mol. The van der Waals surface area contributed by atoms with Crippen molar-refractivity contribution in [1.29, 1.82) is 0 Å². The molecule has 1 rings (SSSR count). The van der Waals surface area contributed by atoms with Gasteiger partial charge in [-0.2, -0.15) is 0 Å². The molecule has 12 nitrogen and oxygen atoms in total. The summed E-state index contributed by atoms with van der Waals surface area (Å²) >= 11 is 0. The molecule has 0 spiro atoms. The molecular formula is C47H90N4O8S2. The molecule has 0 saturated carbocycles. The Morgan fingerprint density at radius 1 is 0.508 bits per heavy atom. The van der Waals surface area contributed by atoms with Crippen molar-refractivity contribution < 1.29 is 38.1 Å². The lowest BCUT2D eigenvalue weighted by molar-refractivity contribution is -0.144. The Hall–Kier alpha value is -1.90. The lowest BCUT2D eigenvalue weighted by Crippen LogP contribution is -2.47. The lowest BCUT2D eigenvalue weighted by atomic mass is 10.1. The first kappa shape index (κ1) is 57.1. The molecule has 1 aliphatic heterocycles. The van der Waals surface area contributed by atoms with Crippen LogP contribution in [0.3, 0.4) is 0 Å². The van der Waals surface area contributed by atoms with Gasteiger partial charge in [-0.3, -0.25) is 14.5 Å². The van der Waals surface area contributed by atoms with E-state index < -0.39 is 0 Å². The van der Waals surface area contributed by atoms with Gasteiger partial charge in [0.1, 0.15) is 13.2 Å². The average Bonchev–Trinajstić information content (AvgIpc) is 3.25. The molecule has 0 atom stereocenters. The molecule has 0 unspecified atom stereocenters. The van der Waals surface area contributed by atoms with E-state index in [-0.39, 0.29) is 24.1 Å². The van der Waals surface area contributed by atoms with Gasteiger partial charge < -0.3 is 34.1 Å². The third-order valence-electron chi connectivity index (χ3n) is 11.1. The summed E-state index contributed by atoms with van der Waals surface area (Å²) in [6, 6.07) is 0. The molecule has 1 aliphatic rings. The number of carbonyl (C=O) groups is 4. The van der Waals surface area contributed by atoms with Crippen LogP contribution in [-0.4, -0.2) is 136 Å². The highest BCUT2D eigenvalue weighted by Gasteiger charge is 2.16. The van der Waals surface area contributed by atoms with E-state index in [4.69, 9.17) is 18.9 Å². The van der Waals surface area contributed by atoms with Crippen molar-refractivity contribution in [2.45, 2.75) is 181 Å². The first-order chi connectivity index (χ1) is 29.8. The number of likely N-dealkylation sites (N-methyl/N-ethyl adjacent to an activating group) is 1. The van der Waals surface area contributed by atoms with Crippen molar-refractivity contribution in [3.05, 3.63) is 0 Å². The fourth-order valence-electron chi connectivity index (χ4n) is 7.11. The minimum Gasteiger partial charge on any atom is -0.466 e. The molecule has 0 aromatic heterocycles. The monoisotopic (exact) mass is 903 g/mol. The fraction of sp³-hybridized carbons (Fsp3) is 0.915. The molecule has 1 saturated heterocycles. The van der Waals surface area contributed by atoms with Crippen molar-refractivity contribution in [2.75, 3.05) is 97.3 Å². The van der Waals surface area contributed by atoms with Crippen LogP contribution in [0.2, 0.25) is 0 Å². The van der Waals surface area contributed by atoms with Crippen LogP contribution in [0.4, 0.5) is 9.59 Å². The highest BCUT2D eigenvalue weighted by atomic mass is 33.1. The van der Waals surface area contributed by atoms with Gasteiger partial charge in [0.05, 0.1) is 13.2 Å². The SMILES string of the molecule is CCCCCCCCCOC(=O)CCCCCCCN(CCCCCCCC(=O)OCCCCCCCCC)C(=O)OCCSSCCOC(=O)NCCN1CCN(C)CC1. The summed E-state index contributed by atoms with van der Waals surface area (Å²) in [6.07, 6.45) is 26.7. The zero-order valence-electron chi connectivity index (χ0n) is 39.2. The standard InChI is InChI=1S/C47H90N4O8S2/c1-4-6-8-10-12-20-26-38-56-44(52)28-22-16-14-18-24-31-51(32-25-19-15-17-23-29-45(53)57-39-27-21-13-11-9-7-5-2)47(55)59-41-43-61-60-42-40-58-46(54)48-30-33-50-36-34-49(3)35-37-50/h4-43H2,1-3H3,(H,48,54). The highest BCUT2D eigenvalue weighted by molar-refractivity contribution is 8.76. The van der Waals surface area contributed by atoms with Crippen LogP contribution >= 0.6 is 21.6 Å². The van der Waals surface area contributed by atoms with Crippen LogP contribution in [0.5, 0.6) is 0 Å². The van der Waals surface area contributed by atoms with E-state index >= 15 is 0 Å². The van der Waals surface area contributed by atoms with Crippen molar-refractivity contribution in [3.63, 3.8) is 0 Å². The summed E-state index contributed by atoms with van der Waals surface area (Å²) in [7, 11) is 5.34. The van der Waals surface area contributed by atoms with Crippen LogP contribution in [0, 0.1) is 0 Å². The molecule has 1 fully saturated rings. The number of nitrogens with one attached hydrogen (secondary N) is 1. The molecule has 0 bridgehead atoms. The Kier molecular flexibility index (Phi) is 40.6. The number of amides is 2. The molecule has 1 N–H and O–H groups in total. The number of ether oxygens (including phenoxy) is 4. The number of esters is 2. The molecule has 358 valence electrons. The maximum atomic E-state index is 13.1. The summed E-state index contributed by atoms with van der Waals surface area (Å²) in [5, 5.41) is 2.84. The van der Waals surface area contributed by atoms with Crippen LogP contribution < -0.4 is 5.32 Å². The lowest BCUT2D eigenvalue weighted by Gasteiger charge is -2.32. The van der Waals surface area contributed by atoms with E-state index in [9.17, 15) is 19.2 Å². The van der Waals surface area contributed by atoms with Gasteiger partial charge in [-0.25, -0.2) is 9.59 Å². The second-order valence-electron chi connectivity index (χ2n) is 16.7. The van der Waals surface area contributed by atoms with Gasteiger partial charge in [-0.05, 0) is 45.6 Å². The van der Waals surface area contributed by atoms with E-state index in [0.717, 1.165) is 123 Å². The van der Waals surface area contributed by atoms with Crippen LogP contribution in [0.1, 0.15) is 181 Å². The smallest absolute Gasteiger partial charge is 0.409 e. The number of hydrogen-bond donors (Lipinski definition) is 1. The van der Waals surface area contributed by atoms with Crippen LogP contribution in [0.25, 0.3) is 0 Å². The number of carbonyl (C=O) groups excluding carboxylic acids is 4. The number of hydrogen-bond acceptors (Lipinski definition) is 12. The number of piperazine rings is 1. The summed E-state index contributed by atoms with van der Waals surface area (Å²) in [6.45, 7) is 13.1. The summed E-state index contributed by atoms with van der Waals surface area (Å²) in [4.78, 5) is 55.9. The summed E-state index contributed by atoms with van der Waals surface area (Å²) in [5.74, 6) is 1.15. The van der Waals surface area contributed by atoms with Crippen molar-refractivity contribution in [3.8, 4) is 0 Å². The molecule has 0 radical (unpaired) electrons. The fourth-order valence-corrected chi connectivity index (χ4v) is 8.77. The van der Waals surface area contributed by atoms with Crippen molar-refractivity contribution in [1.82, 2.24) is 20.0 Å². The number of unbranched alkanes of at least 4 members (excludes halogenated alkanes) is 20. The van der Waals surface area contributed by atoms with E-state index in [2.05, 4.69) is 36.0 Å². The van der Waals surface area contributed by atoms with Gasteiger partial charge in [-0.15, -0.1) is 0 Å². The molecule has 14 heteroatoms. The molecule has 0 aromatic rings. The normalized spacial score (nSPS) is 13.2. The first-order valence-electron chi connectivity index (χ1n) is 24.6. The molecule has 1 heterocycles. The van der Waals surface area contributed by atoms with Crippen molar-refractivity contribution in [2.24, 2.45) is 0 Å². The topological polar surface area (TPSA) is 127 Å². The summed E-state index contributed by atoms with van der Waals surface area (Å²) in [5.41, 5.74) is 0. The van der Waals surface area contributed by atoms with Crippen molar-refractivity contribution >= 4 is 45.7 Å². The zero-order chi connectivity index (χ0) is 44.3. The van der Waals surface area contributed by atoms with E-state index in [0.29, 0.717) is 70.4 Å².